The number of nitrogens with one attached hydrogen (secondary N) is 2. The molecule has 8 heteroatoms. The van der Waals surface area contributed by atoms with E-state index in [-0.39, 0.29) is 27.6 Å². The molecule has 0 spiro atoms. The summed E-state index contributed by atoms with van der Waals surface area (Å²) in [5, 5.41) is 3.06. The van der Waals surface area contributed by atoms with Crippen molar-refractivity contribution in [2.45, 2.75) is 30.8 Å². The fourth-order valence-electron chi connectivity index (χ4n) is 2.78. The summed E-state index contributed by atoms with van der Waals surface area (Å²) in [4.78, 5) is 14.7. The van der Waals surface area contributed by atoms with Crippen molar-refractivity contribution in [2.24, 2.45) is 0 Å². The van der Waals surface area contributed by atoms with E-state index in [9.17, 15) is 13.2 Å². The predicted octanol–water partition coefficient (Wildman–Crippen LogP) is 3.06. The number of benzene rings is 2. The van der Waals surface area contributed by atoms with Crippen LogP contribution < -0.4 is 10.0 Å². The van der Waals surface area contributed by atoms with Gasteiger partial charge in [-0.1, -0.05) is 41.9 Å². The topological polar surface area (TPSA) is 78.5 Å². The summed E-state index contributed by atoms with van der Waals surface area (Å²) in [6.07, 6.45) is 0. The van der Waals surface area contributed by atoms with Gasteiger partial charge < -0.3 is 10.2 Å². The van der Waals surface area contributed by atoms with Crippen molar-refractivity contribution in [1.82, 2.24) is 14.9 Å². The van der Waals surface area contributed by atoms with E-state index in [4.69, 9.17) is 11.6 Å². The Morgan fingerprint density at radius 1 is 1.11 bits per heavy atom. The average Bonchev–Trinajstić information content (AvgIpc) is 2.61. The molecule has 0 aliphatic carbocycles. The highest BCUT2D eigenvalue weighted by Gasteiger charge is 2.21. The normalized spacial score (nSPS) is 13.0. The molecule has 1 amide bonds. The van der Waals surface area contributed by atoms with E-state index in [1.165, 1.54) is 18.2 Å². The van der Waals surface area contributed by atoms with E-state index in [1.54, 1.807) is 13.8 Å². The first-order valence-electron chi connectivity index (χ1n) is 8.93. The van der Waals surface area contributed by atoms with Gasteiger partial charge in [0.25, 0.3) is 5.91 Å². The molecule has 0 heterocycles. The summed E-state index contributed by atoms with van der Waals surface area (Å²) in [5.74, 6) is -0.422. The van der Waals surface area contributed by atoms with Gasteiger partial charge in [-0.2, -0.15) is 0 Å². The van der Waals surface area contributed by atoms with Crippen molar-refractivity contribution in [1.29, 1.82) is 0 Å². The first-order chi connectivity index (χ1) is 13.1. The lowest BCUT2D eigenvalue weighted by atomic mass is 10.1. The van der Waals surface area contributed by atoms with Crippen molar-refractivity contribution in [3.05, 3.63) is 64.7 Å². The Hall–Kier alpha value is -1.93. The minimum absolute atomic E-state index is 0.00275. The molecule has 0 unspecified atom stereocenters. The van der Waals surface area contributed by atoms with Gasteiger partial charge in [-0.3, -0.25) is 4.79 Å². The highest BCUT2D eigenvalue weighted by molar-refractivity contribution is 7.89. The zero-order valence-electron chi connectivity index (χ0n) is 16.4. The van der Waals surface area contributed by atoms with Crippen LogP contribution in [0.5, 0.6) is 0 Å². The van der Waals surface area contributed by atoms with Gasteiger partial charge in [0.15, 0.2) is 0 Å². The molecule has 0 radical (unpaired) electrons. The summed E-state index contributed by atoms with van der Waals surface area (Å²) in [5.41, 5.74) is 1.19. The Morgan fingerprint density at radius 2 is 1.75 bits per heavy atom. The Morgan fingerprint density at radius 3 is 2.32 bits per heavy atom. The highest BCUT2D eigenvalue weighted by atomic mass is 35.5. The van der Waals surface area contributed by atoms with Gasteiger partial charge in [0.05, 0.1) is 21.5 Å². The lowest BCUT2D eigenvalue weighted by molar-refractivity contribution is 0.0942. The zero-order chi connectivity index (χ0) is 20.9. The molecule has 6 nitrogen and oxygen atoms in total. The zero-order valence-corrected chi connectivity index (χ0v) is 18.0. The van der Waals surface area contributed by atoms with Crippen LogP contribution in [0.2, 0.25) is 5.02 Å². The minimum Gasteiger partial charge on any atom is -0.350 e. The van der Waals surface area contributed by atoms with Crippen molar-refractivity contribution >= 4 is 27.5 Å². The Bertz CT molecular complexity index is 916. The molecule has 0 aliphatic rings. The summed E-state index contributed by atoms with van der Waals surface area (Å²) in [7, 11) is 0.147. The van der Waals surface area contributed by atoms with Crippen LogP contribution in [0.3, 0.4) is 0 Å². The van der Waals surface area contributed by atoms with Crippen LogP contribution in [0.25, 0.3) is 0 Å². The van der Waals surface area contributed by atoms with Crippen molar-refractivity contribution in [3.8, 4) is 0 Å². The molecule has 1 atom stereocenters. The lowest BCUT2D eigenvalue weighted by Gasteiger charge is -2.25. The third-order valence-corrected chi connectivity index (χ3v) is 6.13. The largest absolute Gasteiger partial charge is 0.350 e. The molecule has 0 aliphatic heterocycles. The molecule has 28 heavy (non-hydrogen) atoms. The molecule has 2 aromatic carbocycles. The highest BCUT2D eigenvalue weighted by Crippen LogP contribution is 2.22. The number of rotatable bonds is 8. The summed E-state index contributed by atoms with van der Waals surface area (Å²) < 4.78 is 27.3. The first kappa shape index (κ1) is 22.4. The fourth-order valence-corrected chi connectivity index (χ4v) is 4.26. The Kier molecular flexibility index (Phi) is 7.60. The number of nitrogens with zero attached hydrogens (tertiary/aromatic N) is 1. The van der Waals surface area contributed by atoms with Gasteiger partial charge in [-0.15, -0.1) is 0 Å². The number of amides is 1. The predicted molar refractivity (Wildman–Crippen MR) is 112 cm³/mol. The molecular formula is C20H26ClN3O3S. The van der Waals surface area contributed by atoms with Gasteiger partial charge in [0.1, 0.15) is 0 Å². The molecule has 0 aromatic heterocycles. The van der Waals surface area contributed by atoms with Gasteiger partial charge in [0.2, 0.25) is 10.0 Å². The van der Waals surface area contributed by atoms with Gasteiger partial charge in [-0.05, 0) is 51.7 Å². The molecule has 152 valence electrons. The van der Waals surface area contributed by atoms with Gasteiger partial charge in [0, 0.05) is 12.6 Å². The van der Waals surface area contributed by atoms with E-state index >= 15 is 0 Å². The second-order valence-corrected chi connectivity index (χ2v) is 9.14. The molecule has 0 bridgehead atoms. The third-order valence-electron chi connectivity index (χ3n) is 4.15. The molecule has 0 saturated carbocycles. The monoisotopic (exact) mass is 423 g/mol. The van der Waals surface area contributed by atoms with Crippen LogP contribution in [0.1, 0.15) is 35.8 Å². The second kappa shape index (κ2) is 9.52. The standard InChI is InChI=1S/C20H26ClN3O3S/c1-14(2)23-28(26,27)16-10-11-18(21)17(12-16)20(25)22-13-19(24(3)4)15-8-6-5-7-9-15/h5-12,14,19,23H,13H2,1-4H3,(H,22,25)/t19-/m1/s1. The molecule has 2 N–H and O–H groups in total. The van der Waals surface area contributed by atoms with Crippen molar-refractivity contribution < 1.29 is 13.2 Å². The lowest BCUT2D eigenvalue weighted by Crippen LogP contribution is -2.35. The summed E-state index contributed by atoms with van der Waals surface area (Å²) >= 11 is 6.16. The Balaban J connectivity index is 2.21. The summed E-state index contributed by atoms with van der Waals surface area (Å²) in [6.45, 7) is 3.81. The molecule has 2 rings (SSSR count). The number of halogens is 1. The Labute approximate surface area is 171 Å². The van der Waals surface area contributed by atoms with Gasteiger partial charge in [-0.25, -0.2) is 13.1 Å². The van der Waals surface area contributed by atoms with Crippen LogP contribution >= 0.6 is 11.6 Å². The smallest absolute Gasteiger partial charge is 0.252 e. The van der Waals surface area contributed by atoms with Gasteiger partial charge >= 0.3 is 0 Å². The number of hydrogen-bond acceptors (Lipinski definition) is 4. The second-order valence-electron chi connectivity index (χ2n) is 7.02. The number of carbonyl (C=O) groups excluding carboxylic acids is 1. The maximum absolute atomic E-state index is 12.7. The first-order valence-corrected chi connectivity index (χ1v) is 10.8. The average molecular weight is 424 g/mol. The quantitative estimate of drug-likeness (QED) is 0.684. The third kappa shape index (κ3) is 5.78. The number of carbonyl (C=O) groups is 1. The minimum atomic E-state index is -3.72. The van der Waals surface area contributed by atoms with Crippen LogP contribution in [-0.4, -0.2) is 45.9 Å². The van der Waals surface area contributed by atoms with Crippen molar-refractivity contribution in [3.63, 3.8) is 0 Å². The molecule has 0 fully saturated rings. The van der Waals surface area contributed by atoms with E-state index < -0.39 is 15.9 Å². The SMILES string of the molecule is CC(C)NS(=O)(=O)c1ccc(Cl)c(C(=O)NC[C@H](c2ccccc2)N(C)C)c1. The summed E-state index contributed by atoms with van der Waals surface area (Å²) in [6, 6.07) is 13.6. The fraction of sp³-hybridized carbons (Fsp3) is 0.350. The number of likely N-dealkylation sites (N-methyl/N-ethyl adjacent to an activating group) is 1. The van der Waals surface area contributed by atoms with Crippen LogP contribution in [-0.2, 0) is 10.0 Å². The maximum atomic E-state index is 12.7. The molecular weight excluding hydrogens is 398 g/mol. The molecule has 2 aromatic rings. The molecule has 0 saturated heterocycles. The van der Waals surface area contributed by atoms with Crippen LogP contribution in [0.15, 0.2) is 53.4 Å². The van der Waals surface area contributed by atoms with E-state index in [2.05, 4.69) is 10.0 Å². The van der Waals surface area contributed by atoms with Crippen LogP contribution in [0, 0.1) is 0 Å². The maximum Gasteiger partial charge on any atom is 0.252 e. The van der Waals surface area contributed by atoms with E-state index in [1.807, 2.05) is 49.3 Å². The van der Waals surface area contributed by atoms with Crippen LogP contribution in [0.4, 0.5) is 0 Å². The van der Waals surface area contributed by atoms with E-state index in [0.29, 0.717) is 6.54 Å². The number of sulfonamides is 1. The van der Waals surface area contributed by atoms with Crippen molar-refractivity contribution in [2.75, 3.05) is 20.6 Å². The number of hydrogen-bond donors (Lipinski definition) is 2. The van der Waals surface area contributed by atoms with E-state index in [0.717, 1.165) is 5.56 Å².